The standard InChI is InChI=1S/C16H26O5/c1-3-13(5-9-17-13)15(7-11-19-15)21-16(8-12-20-16)14(4-2)6-10-18-14/h3-12H2,1-2H3. The summed E-state index contributed by atoms with van der Waals surface area (Å²) in [5, 5.41) is 0. The molecule has 120 valence electrons. The molecule has 0 aliphatic carbocycles. The monoisotopic (exact) mass is 298 g/mol. The van der Waals surface area contributed by atoms with Crippen LogP contribution in [0.1, 0.15) is 52.4 Å². The second kappa shape index (κ2) is 4.65. The molecule has 0 radical (unpaired) electrons. The van der Waals surface area contributed by atoms with E-state index in [0.29, 0.717) is 0 Å². The lowest BCUT2D eigenvalue weighted by Gasteiger charge is -2.65. The van der Waals surface area contributed by atoms with E-state index < -0.39 is 11.6 Å². The molecule has 0 amide bonds. The Morgan fingerprint density at radius 1 is 0.667 bits per heavy atom. The summed E-state index contributed by atoms with van der Waals surface area (Å²) in [5.74, 6) is -1.27. The van der Waals surface area contributed by atoms with Crippen molar-refractivity contribution in [1.82, 2.24) is 0 Å². The highest BCUT2D eigenvalue weighted by atomic mass is 16.8. The van der Waals surface area contributed by atoms with Crippen LogP contribution in [0.3, 0.4) is 0 Å². The van der Waals surface area contributed by atoms with Crippen LogP contribution in [0.25, 0.3) is 0 Å². The van der Waals surface area contributed by atoms with E-state index in [1.165, 1.54) is 0 Å². The molecule has 0 saturated carbocycles. The summed E-state index contributed by atoms with van der Waals surface area (Å²) < 4.78 is 30.4. The summed E-state index contributed by atoms with van der Waals surface area (Å²) >= 11 is 0. The van der Waals surface area contributed by atoms with Crippen molar-refractivity contribution in [3.63, 3.8) is 0 Å². The van der Waals surface area contributed by atoms with Crippen molar-refractivity contribution in [1.29, 1.82) is 0 Å². The molecular formula is C16H26O5. The minimum atomic E-state index is -0.637. The first-order valence-corrected chi connectivity index (χ1v) is 8.41. The summed E-state index contributed by atoms with van der Waals surface area (Å²) in [7, 11) is 0. The van der Waals surface area contributed by atoms with Gasteiger partial charge in [-0.1, -0.05) is 13.8 Å². The van der Waals surface area contributed by atoms with Crippen LogP contribution in [0.2, 0.25) is 0 Å². The molecule has 4 fully saturated rings. The van der Waals surface area contributed by atoms with Gasteiger partial charge in [-0.15, -0.1) is 0 Å². The van der Waals surface area contributed by atoms with Crippen LogP contribution in [-0.4, -0.2) is 49.2 Å². The fraction of sp³-hybridized carbons (Fsp3) is 1.00. The molecule has 4 heterocycles. The maximum absolute atomic E-state index is 6.60. The fourth-order valence-corrected chi connectivity index (χ4v) is 4.30. The maximum atomic E-state index is 6.60. The van der Waals surface area contributed by atoms with E-state index in [9.17, 15) is 0 Å². The Bertz CT molecular complexity index is 356. The minimum absolute atomic E-state index is 0.296. The van der Waals surface area contributed by atoms with Crippen LogP contribution in [0, 0.1) is 0 Å². The first-order valence-electron chi connectivity index (χ1n) is 8.41. The second-order valence-electron chi connectivity index (χ2n) is 6.70. The highest BCUT2D eigenvalue weighted by molar-refractivity contribution is 5.10. The van der Waals surface area contributed by atoms with Crippen molar-refractivity contribution in [2.45, 2.75) is 75.1 Å². The molecule has 0 aromatic carbocycles. The lowest BCUT2D eigenvalue weighted by Crippen LogP contribution is -2.77. The molecule has 4 rings (SSSR count). The quantitative estimate of drug-likeness (QED) is 0.753. The first-order chi connectivity index (χ1) is 10.2. The first kappa shape index (κ1) is 14.4. The van der Waals surface area contributed by atoms with Gasteiger partial charge < -0.3 is 23.7 Å². The van der Waals surface area contributed by atoms with E-state index >= 15 is 0 Å². The van der Waals surface area contributed by atoms with Crippen molar-refractivity contribution in [2.24, 2.45) is 0 Å². The third kappa shape index (κ3) is 1.64. The zero-order chi connectivity index (χ0) is 14.6. The molecule has 0 spiro atoms. The molecule has 4 atom stereocenters. The Labute approximate surface area is 126 Å². The molecule has 4 aliphatic rings. The van der Waals surface area contributed by atoms with Crippen molar-refractivity contribution in [2.75, 3.05) is 26.4 Å². The Balaban J connectivity index is 1.61. The summed E-state index contributed by atoms with van der Waals surface area (Å²) in [6.45, 7) is 7.37. The third-order valence-electron chi connectivity index (χ3n) is 6.16. The van der Waals surface area contributed by atoms with Crippen LogP contribution in [-0.2, 0) is 23.7 Å². The highest BCUT2D eigenvalue weighted by Crippen LogP contribution is 2.57. The molecule has 4 saturated heterocycles. The van der Waals surface area contributed by atoms with Crippen LogP contribution in [0.5, 0.6) is 0 Å². The van der Waals surface area contributed by atoms with Gasteiger partial charge in [0, 0.05) is 25.7 Å². The zero-order valence-electron chi connectivity index (χ0n) is 13.1. The van der Waals surface area contributed by atoms with Gasteiger partial charge in [0.2, 0.25) is 11.6 Å². The van der Waals surface area contributed by atoms with E-state index in [4.69, 9.17) is 23.7 Å². The van der Waals surface area contributed by atoms with Crippen molar-refractivity contribution in [3.8, 4) is 0 Å². The molecule has 21 heavy (non-hydrogen) atoms. The Hall–Kier alpha value is -0.200. The van der Waals surface area contributed by atoms with E-state index in [1.807, 2.05) is 0 Å². The van der Waals surface area contributed by atoms with Gasteiger partial charge in [0.1, 0.15) is 11.2 Å². The van der Waals surface area contributed by atoms with Crippen molar-refractivity contribution < 1.29 is 23.7 Å². The molecular weight excluding hydrogens is 272 g/mol. The van der Waals surface area contributed by atoms with E-state index in [-0.39, 0.29) is 11.2 Å². The largest absolute Gasteiger partial charge is 0.369 e. The lowest BCUT2D eigenvalue weighted by molar-refractivity contribution is -0.517. The molecule has 5 nitrogen and oxygen atoms in total. The molecule has 4 unspecified atom stereocenters. The number of hydrogen-bond donors (Lipinski definition) is 0. The zero-order valence-corrected chi connectivity index (χ0v) is 13.1. The Kier molecular flexibility index (Phi) is 3.19. The molecule has 0 N–H and O–H groups in total. The number of rotatable bonds is 6. The lowest BCUT2D eigenvalue weighted by atomic mass is 9.75. The van der Waals surface area contributed by atoms with Crippen LogP contribution in [0.4, 0.5) is 0 Å². The SMILES string of the molecule is CCC1(C2(OC3(C4(CC)CCO4)CCO3)CCO2)CCO1. The highest BCUT2D eigenvalue weighted by Gasteiger charge is 2.70. The molecule has 0 bridgehead atoms. The molecule has 5 heteroatoms. The van der Waals surface area contributed by atoms with Gasteiger partial charge in [-0.2, -0.15) is 0 Å². The average Bonchev–Trinajstić information content (AvgIpc) is 2.29. The maximum Gasteiger partial charge on any atom is 0.203 e. The normalized spacial score (nSPS) is 52.3. The van der Waals surface area contributed by atoms with Crippen LogP contribution in [0.15, 0.2) is 0 Å². The van der Waals surface area contributed by atoms with Gasteiger partial charge in [-0.3, -0.25) is 0 Å². The van der Waals surface area contributed by atoms with Gasteiger partial charge >= 0.3 is 0 Å². The Morgan fingerprint density at radius 3 is 1.14 bits per heavy atom. The smallest absolute Gasteiger partial charge is 0.203 e. The predicted molar refractivity (Wildman–Crippen MR) is 74.9 cm³/mol. The molecule has 0 aromatic heterocycles. The second-order valence-corrected chi connectivity index (χ2v) is 6.70. The summed E-state index contributed by atoms with van der Waals surface area (Å²) in [5.41, 5.74) is -0.592. The number of hydrogen-bond acceptors (Lipinski definition) is 5. The van der Waals surface area contributed by atoms with Gasteiger partial charge in [-0.05, 0) is 12.8 Å². The topological polar surface area (TPSA) is 46.2 Å². The van der Waals surface area contributed by atoms with Gasteiger partial charge in [-0.25, -0.2) is 0 Å². The molecule has 0 aromatic rings. The summed E-state index contributed by atoms with van der Waals surface area (Å²) in [6, 6.07) is 0. The number of ether oxygens (including phenoxy) is 5. The molecule has 4 aliphatic heterocycles. The fourth-order valence-electron chi connectivity index (χ4n) is 4.30. The Morgan fingerprint density at radius 2 is 1.00 bits per heavy atom. The van der Waals surface area contributed by atoms with Crippen LogP contribution < -0.4 is 0 Å². The average molecular weight is 298 g/mol. The van der Waals surface area contributed by atoms with Gasteiger partial charge in [0.15, 0.2) is 0 Å². The van der Waals surface area contributed by atoms with E-state index in [0.717, 1.165) is 65.0 Å². The van der Waals surface area contributed by atoms with Crippen molar-refractivity contribution >= 4 is 0 Å². The van der Waals surface area contributed by atoms with Crippen molar-refractivity contribution in [3.05, 3.63) is 0 Å². The summed E-state index contributed by atoms with van der Waals surface area (Å²) in [4.78, 5) is 0. The van der Waals surface area contributed by atoms with Crippen LogP contribution >= 0.6 is 0 Å². The van der Waals surface area contributed by atoms with E-state index in [2.05, 4.69) is 13.8 Å². The minimum Gasteiger partial charge on any atom is -0.369 e. The van der Waals surface area contributed by atoms with Gasteiger partial charge in [0.25, 0.3) is 0 Å². The predicted octanol–water partition coefficient (Wildman–Crippen LogP) is 2.37. The summed E-state index contributed by atoms with van der Waals surface area (Å²) in [6.07, 6.45) is 5.57. The third-order valence-corrected chi connectivity index (χ3v) is 6.16. The van der Waals surface area contributed by atoms with Gasteiger partial charge in [0.05, 0.1) is 26.4 Å². The van der Waals surface area contributed by atoms with E-state index in [1.54, 1.807) is 0 Å².